The van der Waals surface area contributed by atoms with Crippen molar-refractivity contribution in [1.29, 1.82) is 0 Å². The Morgan fingerprint density at radius 1 is 1.17 bits per heavy atom. The van der Waals surface area contributed by atoms with E-state index in [1.54, 1.807) is 6.20 Å². The molecule has 4 heterocycles. The zero-order valence-electron chi connectivity index (χ0n) is 19.9. The molecule has 3 aromatic heterocycles. The first kappa shape index (κ1) is 23.0. The number of benzene rings is 1. The summed E-state index contributed by atoms with van der Waals surface area (Å²) >= 11 is 0. The van der Waals surface area contributed by atoms with Crippen LogP contribution in [0, 0.1) is 13.8 Å². The van der Waals surface area contributed by atoms with Gasteiger partial charge in [0.15, 0.2) is 5.65 Å². The Morgan fingerprint density at radius 3 is 2.89 bits per heavy atom. The smallest absolute Gasteiger partial charge is 0.246 e. The first-order valence-corrected chi connectivity index (χ1v) is 11.8. The van der Waals surface area contributed by atoms with Crippen LogP contribution < -0.4 is 14.8 Å². The number of aromatic nitrogens is 5. The standard InChI is InChI=1S/C25H29N7O3/c1-16-12-18(6-8-21(16)35-20-7-5-17(2)26-13-20)29-23-22-24(28-15-27-23)30-31-25(22)34-11-10-32-9-3-4-19(32)14-33/h5-8,12-13,15,19,33H,3-4,9-11,14H2,1-2H3,(H2,27,28,29,30,31)/t19-/m1/s1. The summed E-state index contributed by atoms with van der Waals surface area (Å²) in [5, 5.41) is 20.8. The molecule has 1 atom stereocenters. The molecule has 0 radical (unpaired) electrons. The molecule has 1 aliphatic rings. The number of nitrogens with one attached hydrogen (secondary N) is 2. The number of hydrogen-bond acceptors (Lipinski definition) is 9. The SMILES string of the molecule is Cc1ccc(Oc2ccc(Nc3ncnc4[nH]nc(OCCN5CCC[C@@H]5CO)c34)cc2C)cn1. The van der Waals surface area contributed by atoms with E-state index in [0.29, 0.717) is 35.1 Å². The molecule has 1 fully saturated rings. The molecule has 0 amide bonds. The molecule has 10 nitrogen and oxygen atoms in total. The van der Waals surface area contributed by atoms with E-state index in [4.69, 9.17) is 9.47 Å². The number of anilines is 2. The van der Waals surface area contributed by atoms with Crippen molar-refractivity contribution in [2.45, 2.75) is 32.7 Å². The molecule has 1 saturated heterocycles. The van der Waals surface area contributed by atoms with Crippen molar-refractivity contribution in [3.63, 3.8) is 0 Å². The van der Waals surface area contributed by atoms with Crippen LogP contribution in [-0.2, 0) is 0 Å². The van der Waals surface area contributed by atoms with E-state index < -0.39 is 0 Å². The van der Waals surface area contributed by atoms with Crippen LogP contribution in [0.3, 0.4) is 0 Å². The van der Waals surface area contributed by atoms with Gasteiger partial charge in [-0.3, -0.25) is 15.0 Å². The highest BCUT2D eigenvalue weighted by Crippen LogP contribution is 2.32. The average Bonchev–Trinajstić information content (AvgIpc) is 3.49. The number of likely N-dealkylation sites (tertiary alicyclic amines) is 1. The van der Waals surface area contributed by atoms with Crippen LogP contribution in [-0.4, -0.2) is 67.5 Å². The highest BCUT2D eigenvalue weighted by Gasteiger charge is 2.23. The molecule has 0 aliphatic carbocycles. The van der Waals surface area contributed by atoms with E-state index in [1.165, 1.54) is 6.33 Å². The third kappa shape index (κ3) is 5.18. The fraction of sp³-hybridized carbons (Fsp3) is 0.360. The maximum atomic E-state index is 9.52. The summed E-state index contributed by atoms with van der Waals surface area (Å²) in [6.07, 6.45) is 5.32. The Kier molecular flexibility index (Phi) is 6.73. The van der Waals surface area contributed by atoms with Gasteiger partial charge in [0, 0.05) is 24.0 Å². The molecule has 1 aromatic carbocycles. The lowest BCUT2D eigenvalue weighted by molar-refractivity contribution is 0.138. The summed E-state index contributed by atoms with van der Waals surface area (Å²) in [6, 6.07) is 9.87. The van der Waals surface area contributed by atoms with Crippen LogP contribution in [0.5, 0.6) is 17.4 Å². The summed E-state index contributed by atoms with van der Waals surface area (Å²) in [5.41, 5.74) is 3.36. The highest BCUT2D eigenvalue weighted by molar-refractivity contribution is 5.92. The van der Waals surface area contributed by atoms with Gasteiger partial charge in [-0.25, -0.2) is 9.97 Å². The first-order valence-electron chi connectivity index (χ1n) is 11.8. The lowest BCUT2D eigenvalue weighted by Crippen LogP contribution is -2.35. The van der Waals surface area contributed by atoms with Crippen LogP contribution in [0.15, 0.2) is 42.9 Å². The van der Waals surface area contributed by atoms with Crippen LogP contribution in [0.1, 0.15) is 24.1 Å². The molecule has 182 valence electrons. The van der Waals surface area contributed by atoms with E-state index in [-0.39, 0.29) is 12.6 Å². The van der Waals surface area contributed by atoms with Crippen molar-refractivity contribution in [3.8, 4) is 17.4 Å². The van der Waals surface area contributed by atoms with Crippen molar-refractivity contribution < 1.29 is 14.6 Å². The second-order valence-electron chi connectivity index (χ2n) is 8.68. The van der Waals surface area contributed by atoms with Gasteiger partial charge in [0.1, 0.15) is 35.6 Å². The van der Waals surface area contributed by atoms with E-state index in [1.807, 2.05) is 44.2 Å². The molecule has 4 aromatic rings. The predicted molar refractivity (Wildman–Crippen MR) is 132 cm³/mol. The Hall–Kier alpha value is -3.76. The Balaban J connectivity index is 1.29. The van der Waals surface area contributed by atoms with E-state index in [2.05, 4.69) is 35.4 Å². The zero-order valence-corrected chi connectivity index (χ0v) is 19.9. The molecule has 0 saturated carbocycles. The highest BCUT2D eigenvalue weighted by atomic mass is 16.5. The zero-order chi connectivity index (χ0) is 24.2. The minimum Gasteiger partial charge on any atom is -0.475 e. The fourth-order valence-electron chi connectivity index (χ4n) is 4.31. The summed E-state index contributed by atoms with van der Waals surface area (Å²) in [4.78, 5) is 15.2. The monoisotopic (exact) mass is 475 g/mol. The van der Waals surface area contributed by atoms with Crippen LogP contribution in [0.4, 0.5) is 11.5 Å². The summed E-state index contributed by atoms with van der Waals surface area (Å²) < 4.78 is 12.0. The second kappa shape index (κ2) is 10.2. The van der Waals surface area contributed by atoms with Gasteiger partial charge in [-0.15, -0.1) is 5.10 Å². The van der Waals surface area contributed by atoms with Crippen LogP contribution in [0.25, 0.3) is 11.0 Å². The molecule has 10 heteroatoms. The van der Waals surface area contributed by atoms with Gasteiger partial charge in [0.2, 0.25) is 5.88 Å². The number of aliphatic hydroxyl groups excluding tert-OH is 1. The first-order chi connectivity index (χ1) is 17.1. The van der Waals surface area contributed by atoms with Gasteiger partial charge in [-0.1, -0.05) is 0 Å². The number of H-pyrrole nitrogens is 1. The molecule has 35 heavy (non-hydrogen) atoms. The number of hydrogen-bond donors (Lipinski definition) is 3. The van der Waals surface area contributed by atoms with Gasteiger partial charge in [-0.05, 0) is 69.1 Å². The van der Waals surface area contributed by atoms with Gasteiger partial charge < -0.3 is 19.9 Å². The quantitative estimate of drug-likeness (QED) is 0.332. The third-order valence-electron chi connectivity index (χ3n) is 6.20. The second-order valence-corrected chi connectivity index (χ2v) is 8.68. The van der Waals surface area contributed by atoms with Crippen molar-refractivity contribution >= 4 is 22.5 Å². The maximum Gasteiger partial charge on any atom is 0.246 e. The van der Waals surface area contributed by atoms with E-state index in [9.17, 15) is 5.11 Å². The summed E-state index contributed by atoms with van der Waals surface area (Å²) in [7, 11) is 0. The number of ether oxygens (including phenoxy) is 2. The average molecular weight is 476 g/mol. The topological polar surface area (TPSA) is 121 Å². The van der Waals surface area contributed by atoms with Crippen LogP contribution >= 0.6 is 0 Å². The minimum absolute atomic E-state index is 0.179. The number of aryl methyl sites for hydroxylation is 2. The number of nitrogens with zero attached hydrogens (tertiary/aromatic N) is 5. The van der Waals surface area contributed by atoms with E-state index >= 15 is 0 Å². The van der Waals surface area contributed by atoms with Crippen LogP contribution in [0.2, 0.25) is 0 Å². The molecular weight excluding hydrogens is 446 g/mol. The molecule has 3 N–H and O–H groups in total. The van der Waals surface area contributed by atoms with Crippen molar-refractivity contribution in [2.24, 2.45) is 0 Å². The van der Waals surface area contributed by atoms with Gasteiger partial charge >= 0.3 is 0 Å². The Morgan fingerprint density at radius 2 is 2.09 bits per heavy atom. The molecule has 0 bridgehead atoms. The lowest BCUT2D eigenvalue weighted by atomic mass is 10.2. The molecule has 5 rings (SSSR count). The number of pyridine rings is 1. The Labute approximate surface area is 203 Å². The van der Waals surface area contributed by atoms with Crippen molar-refractivity contribution in [3.05, 3.63) is 54.1 Å². The number of aliphatic hydroxyl groups is 1. The summed E-state index contributed by atoms with van der Waals surface area (Å²) in [5.74, 6) is 2.50. The van der Waals surface area contributed by atoms with Gasteiger partial charge in [0.25, 0.3) is 0 Å². The number of fused-ring (bicyclic) bond motifs is 1. The van der Waals surface area contributed by atoms with E-state index in [0.717, 1.165) is 48.6 Å². The normalized spacial score (nSPS) is 16.0. The van der Waals surface area contributed by atoms with Gasteiger partial charge in [0.05, 0.1) is 12.8 Å². The maximum absolute atomic E-state index is 9.52. The predicted octanol–water partition coefficient (Wildman–Crippen LogP) is 3.74. The molecule has 1 aliphatic heterocycles. The third-order valence-corrected chi connectivity index (χ3v) is 6.20. The van der Waals surface area contributed by atoms with Crippen molar-refractivity contribution in [2.75, 3.05) is 31.6 Å². The molecular formula is C25H29N7O3. The summed E-state index contributed by atoms with van der Waals surface area (Å²) in [6.45, 7) is 6.28. The van der Waals surface area contributed by atoms with Gasteiger partial charge in [-0.2, -0.15) is 0 Å². The van der Waals surface area contributed by atoms with Crippen molar-refractivity contribution in [1.82, 2.24) is 30.0 Å². The Bertz CT molecular complexity index is 1290. The molecule has 0 spiro atoms. The number of rotatable bonds is 9. The fourth-order valence-corrected chi connectivity index (χ4v) is 4.31. The minimum atomic E-state index is 0.179. The number of aromatic amines is 1. The largest absolute Gasteiger partial charge is 0.475 e. The lowest BCUT2D eigenvalue weighted by Gasteiger charge is -2.22. The molecule has 0 unspecified atom stereocenters.